The molecule has 0 amide bonds. The van der Waals surface area contributed by atoms with Gasteiger partial charge in [-0.1, -0.05) is 18.2 Å². The number of fused-ring (bicyclic) bond motifs is 5. The van der Waals surface area contributed by atoms with Crippen LogP contribution in [0.1, 0.15) is 23.1 Å². The van der Waals surface area contributed by atoms with Gasteiger partial charge in [0.2, 0.25) is 0 Å². The second kappa shape index (κ2) is 3.23. The monoisotopic (exact) mass is 223 g/mol. The topological polar surface area (TPSA) is 37.0 Å². The highest BCUT2D eigenvalue weighted by atomic mass is 15.0. The highest BCUT2D eigenvalue weighted by Gasteiger charge is 2.36. The van der Waals surface area contributed by atoms with E-state index in [2.05, 4.69) is 45.9 Å². The molecule has 0 saturated heterocycles. The molecule has 2 aromatic rings. The van der Waals surface area contributed by atoms with Crippen molar-refractivity contribution in [1.82, 2.24) is 4.98 Å². The zero-order valence-electron chi connectivity index (χ0n) is 9.35. The Bertz CT molecular complexity index is 579. The normalized spacial score (nSPS) is 24.0. The van der Waals surface area contributed by atoms with E-state index >= 15 is 0 Å². The van der Waals surface area contributed by atoms with Crippen LogP contribution in [-0.4, -0.2) is 11.5 Å². The molecule has 0 spiro atoms. The van der Waals surface area contributed by atoms with Crippen LogP contribution in [0, 0.1) is 0 Å². The van der Waals surface area contributed by atoms with Crippen molar-refractivity contribution in [2.24, 2.45) is 0 Å². The lowest BCUT2D eigenvalue weighted by molar-refractivity contribution is 0.625. The first-order valence-corrected chi connectivity index (χ1v) is 5.97. The van der Waals surface area contributed by atoms with Gasteiger partial charge in [0.05, 0.1) is 6.04 Å². The number of aromatic nitrogens is 1. The summed E-state index contributed by atoms with van der Waals surface area (Å²) in [6.45, 7) is 0.980. The van der Waals surface area contributed by atoms with Gasteiger partial charge in [-0.05, 0) is 17.7 Å². The summed E-state index contributed by atoms with van der Waals surface area (Å²) in [5.74, 6) is 0.494. The van der Waals surface area contributed by atoms with Crippen LogP contribution in [-0.2, 0) is 0 Å². The van der Waals surface area contributed by atoms with Gasteiger partial charge in [-0.25, -0.2) is 0 Å². The van der Waals surface area contributed by atoms with Crippen molar-refractivity contribution < 1.29 is 0 Å². The number of hydrogen-bond acceptors (Lipinski definition) is 3. The molecule has 2 unspecified atom stereocenters. The maximum atomic E-state index is 4.24. The summed E-state index contributed by atoms with van der Waals surface area (Å²) < 4.78 is 0. The molecule has 0 aliphatic carbocycles. The minimum atomic E-state index is 0.395. The molecule has 3 heterocycles. The first-order valence-electron chi connectivity index (χ1n) is 5.97. The third-order valence-corrected chi connectivity index (χ3v) is 3.77. The zero-order valence-corrected chi connectivity index (χ0v) is 9.35. The van der Waals surface area contributed by atoms with Gasteiger partial charge in [-0.2, -0.15) is 0 Å². The van der Waals surface area contributed by atoms with Crippen LogP contribution >= 0.6 is 0 Å². The largest absolute Gasteiger partial charge is 0.384 e. The van der Waals surface area contributed by atoms with Crippen LogP contribution in [0.25, 0.3) is 0 Å². The van der Waals surface area contributed by atoms with Crippen molar-refractivity contribution in [3.05, 3.63) is 53.9 Å². The Balaban J connectivity index is 1.85. The number of nitrogens with zero attached hydrogens (tertiary/aromatic N) is 1. The van der Waals surface area contributed by atoms with Crippen molar-refractivity contribution in [3.8, 4) is 0 Å². The Morgan fingerprint density at radius 3 is 3.00 bits per heavy atom. The fourth-order valence-electron chi connectivity index (χ4n) is 2.95. The van der Waals surface area contributed by atoms with E-state index in [1.165, 1.54) is 22.5 Å². The van der Waals surface area contributed by atoms with E-state index in [4.69, 9.17) is 0 Å². The molecule has 1 aromatic carbocycles. The number of rotatable bonds is 0. The minimum Gasteiger partial charge on any atom is -0.384 e. The predicted octanol–water partition coefficient (Wildman–Crippen LogP) is 2.76. The molecule has 2 aliphatic heterocycles. The van der Waals surface area contributed by atoms with Gasteiger partial charge in [0, 0.05) is 41.8 Å². The number of para-hydroxylation sites is 1. The molecule has 1 aromatic heterocycles. The second-order valence-corrected chi connectivity index (χ2v) is 4.66. The number of benzene rings is 1. The lowest BCUT2D eigenvalue weighted by atomic mass is 9.87. The van der Waals surface area contributed by atoms with Gasteiger partial charge < -0.3 is 10.6 Å². The SMILES string of the molecule is c1ccc2c(c1)NCC1c3cnccc3NC21. The fourth-order valence-corrected chi connectivity index (χ4v) is 2.95. The van der Waals surface area contributed by atoms with Crippen molar-refractivity contribution in [2.75, 3.05) is 17.2 Å². The molecule has 84 valence electrons. The third-order valence-electron chi connectivity index (χ3n) is 3.77. The Kier molecular flexibility index (Phi) is 1.72. The Labute approximate surface area is 99.9 Å². The van der Waals surface area contributed by atoms with Crippen LogP contribution < -0.4 is 10.6 Å². The van der Waals surface area contributed by atoms with Crippen LogP contribution in [0.3, 0.4) is 0 Å². The van der Waals surface area contributed by atoms with Crippen molar-refractivity contribution >= 4 is 11.4 Å². The van der Waals surface area contributed by atoms with Gasteiger partial charge in [0.15, 0.2) is 0 Å². The molecule has 3 nitrogen and oxygen atoms in total. The maximum absolute atomic E-state index is 4.24. The van der Waals surface area contributed by atoms with E-state index in [-0.39, 0.29) is 0 Å². The minimum absolute atomic E-state index is 0.395. The summed E-state index contributed by atoms with van der Waals surface area (Å²) in [5, 5.41) is 7.12. The Hall–Kier alpha value is -2.03. The smallest absolute Gasteiger partial charge is 0.0621 e. The van der Waals surface area contributed by atoms with E-state index in [1.54, 1.807) is 0 Å². The third kappa shape index (κ3) is 1.19. The average Bonchev–Trinajstić information content (AvgIpc) is 2.78. The molecule has 0 saturated carbocycles. The first kappa shape index (κ1) is 9.05. The highest BCUT2D eigenvalue weighted by molar-refractivity contribution is 5.66. The summed E-state index contributed by atoms with van der Waals surface area (Å²) in [5.41, 5.74) is 5.18. The molecule has 4 rings (SSSR count). The number of anilines is 2. The summed E-state index contributed by atoms with van der Waals surface area (Å²) in [7, 11) is 0. The van der Waals surface area contributed by atoms with E-state index in [0.717, 1.165) is 6.54 Å². The summed E-state index contributed by atoms with van der Waals surface area (Å²) in [6, 6.07) is 11.0. The van der Waals surface area contributed by atoms with Crippen LogP contribution in [0.4, 0.5) is 11.4 Å². The second-order valence-electron chi connectivity index (χ2n) is 4.66. The molecule has 2 N–H and O–H groups in total. The molecule has 0 fully saturated rings. The van der Waals surface area contributed by atoms with Gasteiger partial charge in [-0.3, -0.25) is 4.98 Å². The molecule has 0 radical (unpaired) electrons. The van der Waals surface area contributed by atoms with Crippen molar-refractivity contribution in [1.29, 1.82) is 0 Å². The highest BCUT2D eigenvalue weighted by Crippen LogP contribution is 2.47. The van der Waals surface area contributed by atoms with E-state index in [9.17, 15) is 0 Å². The van der Waals surface area contributed by atoms with Gasteiger partial charge in [-0.15, -0.1) is 0 Å². The van der Waals surface area contributed by atoms with Gasteiger partial charge >= 0.3 is 0 Å². The van der Waals surface area contributed by atoms with Crippen molar-refractivity contribution in [3.63, 3.8) is 0 Å². The fraction of sp³-hybridized carbons (Fsp3) is 0.214. The van der Waals surface area contributed by atoms with Crippen LogP contribution in [0.5, 0.6) is 0 Å². The average molecular weight is 223 g/mol. The molecule has 0 bridgehead atoms. The first-order chi connectivity index (χ1) is 8.43. The zero-order chi connectivity index (χ0) is 11.2. The van der Waals surface area contributed by atoms with Crippen molar-refractivity contribution in [2.45, 2.75) is 12.0 Å². The van der Waals surface area contributed by atoms with Gasteiger partial charge in [0.1, 0.15) is 0 Å². The summed E-state index contributed by atoms with van der Waals surface area (Å²) in [4.78, 5) is 4.24. The lowest BCUT2D eigenvalue weighted by Crippen LogP contribution is -2.25. The standard InChI is InChI=1S/C14H13N3/c1-2-4-12-9(3-1)14-11(8-16-12)10-7-15-6-5-13(10)17-14/h1-7,11,14,16-17H,8H2. The molecule has 2 aliphatic rings. The van der Waals surface area contributed by atoms with Crippen LogP contribution in [0.15, 0.2) is 42.7 Å². The Morgan fingerprint density at radius 1 is 1.06 bits per heavy atom. The Morgan fingerprint density at radius 2 is 2.00 bits per heavy atom. The lowest BCUT2D eigenvalue weighted by Gasteiger charge is -2.29. The van der Waals surface area contributed by atoms with Crippen LogP contribution in [0.2, 0.25) is 0 Å². The number of pyridine rings is 1. The maximum Gasteiger partial charge on any atom is 0.0621 e. The quantitative estimate of drug-likeness (QED) is 0.721. The predicted molar refractivity (Wildman–Crippen MR) is 68.3 cm³/mol. The molecule has 2 atom stereocenters. The van der Waals surface area contributed by atoms with E-state index in [1.807, 2.05) is 12.4 Å². The number of nitrogens with one attached hydrogen (secondary N) is 2. The molecule has 17 heavy (non-hydrogen) atoms. The van der Waals surface area contributed by atoms with E-state index < -0.39 is 0 Å². The number of hydrogen-bond donors (Lipinski definition) is 2. The van der Waals surface area contributed by atoms with Gasteiger partial charge in [0.25, 0.3) is 0 Å². The summed E-state index contributed by atoms with van der Waals surface area (Å²) in [6.07, 6.45) is 3.84. The molecular formula is C14H13N3. The summed E-state index contributed by atoms with van der Waals surface area (Å²) >= 11 is 0. The molecular weight excluding hydrogens is 210 g/mol. The van der Waals surface area contributed by atoms with E-state index in [0.29, 0.717) is 12.0 Å². The molecule has 3 heteroatoms.